The van der Waals surface area contributed by atoms with Crippen LogP contribution in [0.4, 0.5) is 0 Å². The van der Waals surface area contributed by atoms with Gasteiger partial charge in [0.05, 0.1) is 4.88 Å². The highest BCUT2D eigenvalue weighted by Crippen LogP contribution is 2.31. The predicted octanol–water partition coefficient (Wildman–Crippen LogP) is 5.17. The smallest absolute Gasteiger partial charge is 0.264 e. The van der Waals surface area contributed by atoms with Gasteiger partial charge in [-0.1, -0.05) is 54.6 Å². The third kappa shape index (κ3) is 4.44. The molecule has 2 atom stereocenters. The summed E-state index contributed by atoms with van der Waals surface area (Å²) in [6.45, 7) is 1.10. The van der Waals surface area contributed by atoms with Crippen LogP contribution in [0.5, 0.6) is 0 Å². The molecule has 2 amide bonds. The molecular formula is C27H27N3O2S. The fraction of sp³-hybridized carbons (Fsp3) is 0.259. The molecule has 2 N–H and O–H groups in total. The Kier molecular flexibility index (Phi) is 6.26. The molecule has 0 aliphatic carbocycles. The zero-order valence-corrected chi connectivity index (χ0v) is 19.2. The highest BCUT2D eigenvalue weighted by molar-refractivity contribution is 7.12. The average Bonchev–Trinajstić information content (AvgIpc) is 3.55. The maximum absolute atomic E-state index is 13.3. The van der Waals surface area contributed by atoms with E-state index in [0.29, 0.717) is 24.4 Å². The second-order valence-corrected chi connectivity index (χ2v) is 9.43. The second-order valence-electron chi connectivity index (χ2n) is 8.49. The lowest BCUT2D eigenvalue weighted by molar-refractivity contribution is -0.126. The Morgan fingerprint density at radius 3 is 2.67 bits per heavy atom. The van der Waals surface area contributed by atoms with E-state index in [4.69, 9.17) is 0 Å². The Morgan fingerprint density at radius 2 is 1.85 bits per heavy atom. The number of fused-ring (bicyclic) bond motifs is 1. The minimum atomic E-state index is -0.423. The van der Waals surface area contributed by atoms with Crippen molar-refractivity contribution >= 4 is 34.1 Å². The molecule has 1 aliphatic heterocycles. The number of para-hydroxylation sites is 1. The zero-order valence-electron chi connectivity index (χ0n) is 18.4. The Labute approximate surface area is 197 Å². The molecule has 2 aromatic heterocycles. The lowest BCUT2D eigenvalue weighted by Gasteiger charge is -2.34. The zero-order chi connectivity index (χ0) is 22.6. The van der Waals surface area contributed by atoms with Crippen molar-refractivity contribution in [2.45, 2.75) is 31.2 Å². The van der Waals surface area contributed by atoms with E-state index in [1.165, 1.54) is 11.3 Å². The average molecular weight is 458 g/mol. The molecule has 1 saturated heterocycles. The molecule has 5 nitrogen and oxygen atoms in total. The minimum absolute atomic E-state index is 0.0105. The highest BCUT2D eigenvalue weighted by atomic mass is 32.1. The Bertz CT molecular complexity index is 1230. The van der Waals surface area contributed by atoms with Crippen LogP contribution in [-0.4, -0.2) is 40.8 Å². The summed E-state index contributed by atoms with van der Waals surface area (Å²) >= 11 is 1.43. The summed E-state index contributed by atoms with van der Waals surface area (Å²) in [6, 6.07) is 21.8. The van der Waals surface area contributed by atoms with Crippen LogP contribution in [-0.2, 0) is 4.79 Å². The number of hydrogen-bond donors (Lipinski definition) is 2. The van der Waals surface area contributed by atoms with Gasteiger partial charge in [-0.15, -0.1) is 11.3 Å². The van der Waals surface area contributed by atoms with Gasteiger partial charge in [0.15, 0.2) is 0 Å². The summed E-state index contributed by atoms with van der Waals surface area (Å²) < 4.78 is 0. The van der Waals surface area contributed by atoms with Gasteiger partial charge in [0.1, 0.15) is 6.04 Å². The van der Waals surface area contributed by atoms with Crippen molar-refractivity contribution in [1.29, 1.82) is 0 Å². The number of rotatable bonds is 6. The molecule has 0 radical (unpaired) electrons. The number of thiophene rings is 1. The van der Waals surface area contributed by atoms with Crippen molar-refractivity contribution in [1.82, 2.24) is 15.2 Å². The van der Waals surface area contributed by atoms with Gasteiger partial charge >= 0.3 is 0 Å². The molecule has 2 aromatic carbocycles. The molecule has 0 saturated carbocycles. The van der Waals surface area contributed by atoms with Crippen molar-refractivity contribution in [3.8, 4) is 0 Å². The Balaban J connectivity index is 1.37. The monoisotopic (exact) mass is 457 g/mol. The van der Waals surface area contributed by atoms with Crippen LogP contribution in [0.3, 0.4) is 0 Å². The lowest BCUT2D eigenvalue weighted by Crippen LogP contribution is -2.52. The van der Waals surface area contributed by atoms with Crippen LogP contribution in [0.2, 0.25) is 0 Å². The first-order valence-corrected chi connectivity index (χ1v) is 12.3. The number of carbonyl (C=O) groups excluding carboxylic acids is 2. The molecule has 1 fully saturated rings. The van der Waals surface area contributed by atoms with Gasteiger partial charge in [-0.2, -0.15) is 0 Å². The van der Waals surface area contributed by atoms with Crippen LogP contribution in [0.15, 0.2) is 78.3 Å². The molecule has 33 heavy (non-hydrogen) atoms. The van der Waals surface area contributed by atoms with E-state index in [0.717, 1.165) is 34.9 Å². The Hall–Kier alpha value is -3.38. The number of piperidine rings is 1. The molecule has 0 spiro atoms. The first-order valence-electron chi connectivity index (χ1n) is 11.5. The maximum Gasteiger partial charge on any atom is 0.264 e. The first-order chi connectivity index (χ1) is 16.2. The molecular weight excluding hydrogens is 430 g/mol. The van der Waals surface area contributed by atoms with Gasteiger partial charge in [-0.25, -0.2) is 0 Å². The number of H-pyrrole nitrogens is 1. The number of amides is 2. The fourth-order valence-electron chi connectivity index (χ4n) is 4.78. The molecule has 1 aliphatic rings. The second kappa shape index (κ2) is 9.63. The van der Waals surface area contributed by atoms with Crippen molar-refractivity contribution in [3.63, 3.8) is 0 Å². The quantitative estimate of drug-likeness (QED) is 0.419. The van der Waals surface area contributed by atoms with E-state index in [2.05, 4.69) is 34.6 Å². The summed E-state index contributed by atoms with van der Waals surface area (Å²) in [5.74, 6) is -0.0993. The van der Waals surface area contributed by atoms with Gasteiger partial charge in [0.25, 0.3) is 5.91 Å². The summed E-state index contributed by atoms with van der Waals surface area (Å²) in [5.41, 5.74) is 3.39. The van der Waals surface area contributed by atoms with Crippen LogP contribution in [0, 0.1) is 0 Å². The van der Waals surface area contributed by atoms with Gasteiger partial charge < -0.3 is 15.2 Å². The van der Waals surface area contributed by atoms with E-state index in [1.54, 1.807) is 4.90 Å². The van der Waals surface area contributed by atoms with E-state index in [9.17, 15) is 9.59 Å². The summed E-state index contributed by atoms with van der Waals surface area (Å²) in [7, 11) is 0. The van der Waals surface area contributed by atoms with Gasteiger partial charge in [-0.3, -0.25) is 9.59 Å². The van der Waals surface area contributed by atoms with Crippen LogP contribution < -0.4 is 5.32 Å². The molecule has 4 aromatic rings. The topological polar surface area (TPSA) is 65.2 Å². The molecule has 5 rings (SSSR count). The standard InChI is InChI=1S/C27H27N3O2S/c31-26(24-13-6-7-15-30(24)27(32)25-14-8-16-33-25)29-17-21(19-9-2-1-3-10-19)22-18-28-23-12-5-4-11-20(22)23/h1-5,8-12,14,16,18,21,24,28H,6-7,13,15,17H2,(H,29,31). The lowest BCUT2D eigenvalue weighted by atomic mass is 9.90. The number of nitrogens with one attached hydrogen (secondary N) is 2. The molecule has 168 valence electrons. The van der Waals surface area contributed by atoms with E-state index >= 15 is 0 Å². The Morgan fingerprint density at radius 1 is 1.03 bits per heavy atom. The highest BCUT2D eigenvalue weighted by Gasteiger charge is 2.33. The van der Waals surface area contributed by atoms with Gasteiger partial charge in [-0.05, 0) is 47.9 Å². The number of hydrogen-bond acceptors (Lipinski definition) is 3. The molecule has 2 unspecified atom stereocenters. The summed E-state index contributed by atoms with van der Waals surface area (Å²) in [5, 5.41) is 6.25. The van der Waals surface area contributed by atoms with Crippen molar-refractivity contribution in [3.05, 3.63) is 94.3 Å². The normalized spacial score (nSPS) is 17.1. The molecule has 6 heteroatoms. The van der Waals surface area contributed by atoms with Crippen molar-refractivity contribution in [2.24, 2.45) is 0 Å². The van der Waals surface area contributed by atoms with E-state index in [1.807, 2.05) is 54.0 Å². The number of nitrogens with zero attached hydrogens (tertiary/aromatic N) is 1. The minimum Gasteiger partial charge on any atom is -0.361 e. The third-order valence-corrected chi connectivity index (χ3v) is 7.34. The number of benzene rings is 2. The van der Waals surface area contributed by atoms with Gasteiger partial charge in [0.2, 0.25) is 5.91 Å². The van der Waals surface area contributed by atoms with Gasteiger partial charge in [0, 0.05) is 36.1 Å². The third-order valence-electron chi connectivity index (χ3n) is 6.48. The number of carbonyl (C=O) groups is 2. The number of aromatic amines is 1. The predicted molar refractivity (Wildman–Crippen MR) is 133 cm³/mol. The first kappa shape index (κ1) is 21.5. The van der Waals surface area contributed by atoms with Crippen LogP contribution in [0.25, 0.3) is 10.9 Å². The maximum atomic E-state index is 13.3. The summed E-state index contributed by atoms with van der Waals surface area (Å²) in [6.07, 6.45) is 4.63. The number of likely N-dealkylation sites (tertiary alicyclic amines) is 1. The van der Waals surface area contributed by atoms with Crippen LogP contribution >= 0.6 is 11.3 Å². The van der Waals surface area contributed by atoms with Crippen molar-refractivity contribution < 1.29 is 9.59 Å². The fourth-order valence-corrected chi connectivity index (χ4v) is 5.46. The number of aromatic nitrogens is 1. The van der Waals surface area contributed by atoms with E-state index < -0.39 is 6.04 Å². The SMILES string of the molecule is O=C(NCC(c1ccccc1)c1c[nH]c2ccccc12)C1CCCCN1C(=O)c1cccs1. The van der Waals surface area contributed by atoms with Crippen LogP contribution in [0.1, 0.15) is 46.0 Å². The molecule has 0 bridgehead atoms. The van der Waals surface area contributed by atoms with E-state index in [-0.39, 0.29) is 17.7 Å². The molecule has 3 heterocycles. The summed E-state index contributed by atoms with van der Waals surface area (Å²) in [4.78, 5) is 32.2. The van der Waals surface area contributed by atoms with Crippen molar-refractivity contribution in [2.75, 3.05) is 13.1 Å². The largest absolute Gasteiger partial charge is 0.361 e.